The molecule has 0 bridgehead atoms. The smallest absolute Gasteiger partial charge is 0.264 e. The molecular weight excluding hydrogens is 412 g/mol. The first-order valence-corrected chi connectivity index (χ1v) is 9.99. The number of nitrogens with two attached hydrogens (primary N) is 1. The largest absolute Gasteiger partial charge is 0.384 e. The zero-order valence-electron chi connectivity index (χ0n) is 15.4. The number of nitrogen functional groups attached to an aromatic ring is 1. The molecule has 0 saturated heterocycles. The summed E-state index contributed by atoms with van der Waals surface area (Å²) in [5, 5.41) is 2.08. The van der Waals surface area contributed by atoms with Crippen LogP contribution in [-0.2, 0) is 10.0 Å². The van der Waals surface area contributed by atoms with Gasteiger partial charge in [-0.3, -0.25) is 24.3 Å². The van der Waals surface area contributed by atoms with E-state index >= 15 is 0 Å². The summed E-state index contributed by atoms with van der Waals surface area (Å²) in [6.07, 6.45) is 2.94. The van der Waals surface area contributed by atoms with E-state index in [-0.39, 0.29) is 33.5 Å². The Morgan fingerprint density at radius 3 is 2.30 bits per heavy atom. The highest BCUT2D eigenvalue weighted by Gasteiger charge is 2.31. The highest BCUT2D eigenvalue weighted by molar-refractivity contribution is 7.92. The van der Waals surface area contributed by atoms with Crippen molar-refractivity contribution >= 4 is 33.6 Å². The van der Waals surface area contributed by atoms with Crippen molar-refractivity contribution in [2.45, 2.75) is 11.8 Å². The second kappa shape index (κ2) is 6.77. The summed E-state index contributed by atoms with van der Waals surface area (Å²) in [5.74, 6) is -1.71. The van der Waals surface area contributed by atoms with Crippen LogP contribution in [0.3, 0.4) is 0 Å². The van der Waals surface area contributed by atoms with E-state index in [0.717, 1.165) is 16.2 Å². The van der Waals surface area contributed by atoms with E-state index in [1.807, 2.05) is 0 Å². The van der Waals surface area contributed by atoms with Crippen molar-refractivity contribution in [2.24, 2.45) is 0 Å². The Morgan fingerprint density at radius 1 is 1.03 bits per heavy atom. The van der Waals surface area contributed by atoms with E-state index in [1.54, 1.807) is 6.92 Å². The molecule has 1 aliphatic heterocycles. The fourth-order valence-electron chi connectivity index (χ4n) is 2.94. The molecule has 2 amide bonds. The molecule has 11 nitrogen and oxygen atoms in total. The number of aromatic nitrogens is 3. The predicted molar refractivity (Wildman–Crippen MR) is 106 cm³/mol. The van der Waals surface area contributed by atoms with Crippen molar-refractivity contribution < 1.29 is 18.0 Å². The summed E-state index contributed by atoms with van der Waals surface area (Å²) >= 11 is 0. The van der Waals surface area contributed by atoms with Crippen molar-refractivity contribution in [3.8, 4) is 5.69 Å². The molecule has 0 atom stereocenters. The summed E-state index contributed by atoms with van der Waals surface area (Å²) in [7, 11) is -3.97. The van der Waals surface area contributed by atoms with Gasteiger partial charge in [-0.2, -0.15) is 0 Å². The van der Waals surface area contributed by atoms with Crippen LogP contribution in [-0.4, -0.2) is 34.8 Å². The highest BCUT2D eigenvalue weighted by Crippen LogP contribution is 2.23. The zero-order valence-corrected chi connectivity index (χ0v) is 16.2. The lowest BCUT2D eigenvalue weighted by molar-refractivity contribution is 0.0880. The van der Waals surface area contributed by atoms with Crippen LogP contribution in [0.5, 0.6) is 0 Å². The number of hydrogen-bond acceptors (Lipinski definition) is 8. The number of carbonyl (C=O) groups excluding carboxylic acids is 2. The van der Waals surface area contributed by atoms with Gasteiger partial charge in [0.25, 0.3) is 27.4 Å². The van der Waals surface area contributed by atoms with E-state index in [4.69, 9.17) is 5.73 Å². The maximum atomic E-state index is 12.5. The number of sulfonamides is 1. The van der Waals surface area contributed by atoms with Gasteiger partial charge in [0.2, 0.25) is 5.95 Å². The van der Waals surface area contributed by atoms with Crippen LogP contribution in [0.25, 0.3) is 5.69 Å². The molecule has 1 aliphatic rings. The lowest BCUT2D eigenvalue weighted by Gasteiger charge is -2.12. The quantitative estimate of drug-likeness (QED) is 0.498. The number of benzene rings is 1. The molecule has 0 fully saturated rings. The SMILES string of the molecule is Cc1cnc(NS(=O)(=O)c2ccc(-n3c(N)c4c(cc3=O)C(=O)NC4=O)cc2)nc1. The van der Waals surface area contributed by atoms with Gasteiger partial charge in [-0.05, 0) is 36.8 Å². The molecule has 0 saturated carbocycles. The summed E-state index contributed by atoms with van der Waals surface area (Å²) in [5.41, 5.74) is 6.11. The summed E-state index contributed by atoms with van der Waals surface area (Å²) in [6.45, 7) is 1.77. The Labute approximate surface area is 169 Å². The third kappa shape index (κ3) is 3.18. The first-order valence-electron chi connectivity index (χ1n) is 8.50. The summed E-state index contributed by atoms with van der Waals surface area (Å²) in [4.78, 5) is 43.8. The standard InChI is InChI=1S/C18H14N6O5S/c1-9-7-20-18(21-8-9)23-30(28,29)11-4-2-10(3-5-11)24-13(25)6-12-14(15(24)19)17(27)22-16(12)26/h2-8H,19H2,1H3,(H,20,21,23)(H,22,26,27). The third-order valence-corrected chi connectivity index (χ3v) is 5.71. The molecule has 0 unspecified atom stereocenters. The molecule has 12 heteroatoms. The number of nitrogens with one attached hydrogen (secondary N) is 2. The van der Waals surface area contributed by atoms with Gasteiger partial charge in [0.15, 0.2) is 0 Å². The number of imide groups is 1. The fourth-order valence-corrected chi connectivity index (χ4v) is 3.90. The van der Waals surface area contributed by atoms with Gasteiger partial charge < -0.3 is 5.73 Å². The van der Waals surface area contributed by atoms with Crippen molar-refractivity contribution in [1.29, 1.82) is 0 Å². The van der Waals surface area contributed by atoms with Crippen LogP contribution in [0.1, 0.15) is 26.3 Å². The lowest BCUT2D eigenvalue weighted by atomic mass is 10.1. The maximum absolute atomic E-state index is 12.5. The van der Waals surface area contributed by atoms with Crippen LogP contribution in [0, 0.1) is 6.92 Å². The summed E-state index contributed by atoms with van der Waals surface area (Å²) in [6, 6.07) is 6.23. The van der Waals surface area contributed by atoms with Gasteiger partial charge in [-0.15, -0.1) is 0 Å². The van der Waals surface area contributed by atoms with E-state index in [9.17, 15) is 22.8 Å². The van der Waals surface area contributed by atoms with Gasteiger partial charge in [-0.1, -0.05) is 0 Å². The van der Waals surface area contributed by atoms with E-state index < -0.39 is 27.4 Å². The monoisotopic (exact) mass is 426 g/mol. The first kappa shape index (κ1) is 19.3. The molecular formula is C18H14N6O5S. The minimum atomic E-state index is -3.97. The first-order chi connectivity index (χ1) is 14.2. The van der Waals surface area contributed by atoms with Gasteiger partial charge in [0.1, 0.15) is 5.82 Å². The Bertz CT molecular complexity index is 1360. The van der Waals surface area contributed by atoms with Crippen LogP contribution in [0.15, 0.2) is 52.4 Å². The molecule has 0 radical (unpaired) electrons. The van der Waals surface area contributed by atoms with Crippen molar-refractivity contribution in [3.05, 3.63) is 69.8 Å². The number of carbonyl (C=O) groups is 2. The van der Waals surface area contributed by atoms with Gasteiger partial charge in [0, 0.05) is 18.5 Å². The number of pyridine rings is 1. The fraction of sp³-hybridized carbons (Fsp3) is 0.0556. The number of rotatable bonds is 4. The molecule has 1 aromatic carbocycles. The summed E-state index contributed by atoms with van der Waals surface area (Å²) < 4.78 is 28.3. The Morgan fingerprint density at radius 2 is 1.67 bits per heavy atom. The topological polar surface area (TPSA) is 166 Å². The Balaban J connectivity index is 1.70. The third-order valence-electron chi connectivity index (χ3n) is 4.37. The average molecular weight is 426 g/mol. The number of aryl methyl sites for hydroxylation is 1. The Kier molecular flexibility index (Phi) is 4.35. The number of fused-ring (bicyclic) bond motifs is 1. The number of anilines is 2. The number of amides is 2. The average Bonchev–Trinajstić information content (AvgIpc) is 2.97. The van der Waals surface area contributed by atoms with Crippen molar-refractivity contribution in [1.82, 2.24) is 19.9 Å². The van der Waals surface area contributed by atoms with Crippen LogP contribution in [0.2, 0.25) is 0 Å². The molecule has 4 rings (SSSR count). The molecule has 3 aromatic rings. The second-order valence-electron chi connectivity index (χ2n) is 6.46. The van der Waals surface area contributed by atoms with Crippen LogP contribution < -0.4 is 21.3 Å². The van der Waals surface area contributed by atoms with E-state index in [1.165, 1.54) is 36.7 Å². The normalized spacial score (nSPS) is 13.1. The van der Waals surface area contributed by atoms with Crippen molar-refractivity contribution in [2.75, 3.05) is 10.5 Å². The molecule has 0 spiro atoms. The lowest BCUT2D eigenvalue weighted by Crippen LogP contribution is -2.24. The molecule has 30 heavy (non-hydrogen) atoms. The van der Waals surface area contributed by atoms with Crippen molar-refractivity contribution in [3.63, 3.8) is 0 Å². The van der Waals surface area contributed by atoms with Crippen LogP contribution in [0.4, 0.5) is 11.8 Å². The number of hydrogen-bond donors (Lipinski definition) is 3. The van der Waals surface area contributed by atoms with Crippen LogP contribution >= 0.6 is 0 Å². The van der Waals surface area contributed by atoms with Gasteiger partial charge >= 0.3 is 0 Å². The van der Waals surface area contributed by atoms with E-state index in [0.29, 0.717) is 0 Å². The van der Waals surface area contributed by atoms with Gasteiger partial charge in [-0.25, -0.2) is 23.1 Å². The zero-order chi connectivity index (χ0) is 21.6. The minimum Gasteiger partial charge on any atom is -0.384 e. The molecule has 4 N–H and O–H groups in total. The number of nitrogens with zero attached hydrogens (tertiary/aromatic N) is 3. The predicted octanol–water partition coefficient (Wildman–Crippen LogP) is 0.203. The highest BCUT2D eigenvalue weighted by atomic mass is 32.2. The second-order valence-corrected chi connectivity index (χ2v) is 8.14. The van der Waals surface area contributed by atoms with Gasteiger partial charge in [0.05, 0.1) is 21.7 Å². The molecule has 152 valence electrons. The molecule has 3 heterocycles. The molecule has 0 aliphatic carbocycles. The maximum Gasteiger partial charge on any atom is 0.264 e. The molecule has 2 aromatic heterocycles. The van der Waals surface area contributed by atoms with E-state index in [2.05, 4.69) is 20.0 Å². The minimum absolute atomic E-state index is 0.0838. The Hall–Kier alpha value is -4.06.